The highest BCUT2D eigenvalue weighted by atomic mass is 35.9. The molecule has 1 heterocycles. The Morgan fingerprint density at radius 3 is 0.479 bits per heavy atom. The molecule has 48 heteroatoms. The molecule has 6 aromatic rings. The van der Waals surface area contributed by atoms with E-state index in [-0.39, 0.29) is 34.5 Å². The molecular formula is C48H48Cl12N15O6P9S6. The largest absolute Gasteiger partial charge is 0.460 e. The molecule has 1 aliphatic heterocycles. The molecule has 0 atom stereocenters. The van der Waals surface area contributed by atoms with Gasteiger partial charge < -0.3 is 27.1 Å². The summed E-state index contributed by atoms with van der Waals surface area (Å²) in [5.41, 5.74) is 3.46. The van der Waals surface area contributed by atoms with Gasteiger partial charge in [-0.2, -0.15) is 30.6 Å². The fourth-order valence-corrected chi connectivity index (χ4v) is 18.8. The van der Waals surface area contributed by atoms with E-state index in [1.807, 2.05) is 0 Å². The van der Waals surface area contributed by atoms with E-state index >= 15 is 0 Å². The van der Waals surface area contributed by atoms with Gasteiger partial charge in [-0.1, -0.05) is 13.5 Å². The highest BCUT2D eigenvalue weighted by Gasteiger charge is 2.49. The molecule has 6 aromatic carbocycles. The Balaban J connectivity index is 1.57. The normalized spacial score (nSPS) is 15.1. The molecule has 0 bridgehead atoms. The summed E-state index contributed by atoms with van der Waals surface area (Å²) in [6.45, 7) is 0. The van der Waals surface area contributed by atoms with E-state index in [1.54, 1.807) is 188 Å². The van der Waals surface area contributed by atoms with Gasteiger partial charge in [-0.3, -0.25) is 0 Å². The van der Waals surface area contributed by atoms with Crippen molar-refractivity contribution in [3.05, 3.63) is 179 Å². The molecule has 21 nitrogen and oxygen atoms in total. The Morgan fingerprint density at radius 2 is 0.375 bits per heavy atom. The van der Waals surface area contributed by atoms with Gasteiger partial charge in [-0.25, -0.2) is 28.7 Å². The topological polar surface area (TPSA) is 186 Å². The Labute approximate surface area is 643 Å². The number of hydrogen-bond acceptors (Lipinski definition) is 21. The van der Waals surface area contributed by atoms with Crippen LogP contribution in [0, 0.1) is 0 Å². The zero-order valence-corrected chi connectivity index (χ0v) is 71.5. The first-order valence-corrected chi connectivity index (χ1v) is 57.9. The Kier molecular flexibility index (Phi) is 30.2. The zero-order valence-electron chi connectivity index (χ0n) is 49.5. The van der Waals surface area contributed by atoms with E-state index in [1.165, 1.54) is 66.0 Å². The second-order valence-corrected chi connectivity index (χ2v) is 71.0. The maximum Gasteiger partial charge on any atom is 0.460 e. The molecule has 0 fully saturated rings. The maximum atomic E-state index is 7.15. The molecule has 0 spiro atoms. The number of halogens is 12. The lowest BCUT2D eigenvalue weighted by atomic mass is 10.2. The lowest BCUT2D eigenvalue weighted by Gasteiger charge is -2.33. The van der Waals surface area contributed by atoms with E-state index < -0.39 is 52.3 Å². The molecule has 0 saturated carbocycles. The molecule has 0 aliphatic carbocycles. The lowest BCUT2D eigenvalue weighted by Crippen LogP contribution is -2.11. The Bertz CT molecular complexity index is 3720. The number of nitrogens with zero attached hydrogens (tertiary/aromatic N) is 15. The summed E-state index contributed by atoms with van der Waals surface area (Å²) < 4.78 is 66.8. The van der Waals surface area contributed by atoms with Gasteiger partial charge in [-0.15, -0.1) is 0 Å². The van der Waals surface area contributed by atoms with Gasteiger partial charge >= 0.3 is 23.0 Å². The quantitative estimate of drug-likeness (QED) is 0.0235. The molecule has 0 saturated heterocycles. The number of benzene rings is 6. The first kappa shape index (κ1) is 82.3. The summed E-state index contributed by atoms with van der Waals surface area (Å²) >= 11 is 107. The summed E-state index contributed by atoms with van der Waals surface area (Å²) in [4.78, 5) is -17.8. The van der Waals surface area contributed by atoms with Crippen LogP contribution in [-0.4, -0.2) is 108 Å². The smallest absolute Gasteiger partial charge is 0.413 e. The van der Waals surface area contributed by atoms with Gasteiger partial charge in [0.05, 0.1) is 37.3 Å². The maximum absolute atomic E-state index is 7.15. The van der Waals surface area contributed by atoms with Crippen molar-refractivity contribution in [2.24, 2.45) is 44.2 Å². The standard InChI is InChI=1S/C48H48Cl12N15O6P9S6/c1-70(82(49,50)91)61-31-37-7-19-43(20-8-37)76-88(77-44-21-9-38(10-22-44)32-62-71(2)83(51,52)92)67-89(78-45-23-11-39(12-24-45)33-63-72(3)84(53,54)93,79-46-25-13-40(14-26-46)34-64-73(4)85(55,56)94)69-90(68-88,80-47-27-15-41(16-28-47)35-65-74(5)86(57,58)95)81-48-29-17-42(18-30-48)36-66-75(6)87(59,60)96/h7-36H,1-6H3/b61-31+,62-32+,63-33+,64-34+,65-35+,66-36+. The minimum atomic E-state index is -4.60. The highest BCUT2D eigenvalue weighted by Crippen LogP contribution is 2.79. The summed E-state index contributed by atoms with van der Waals surface area (Å²) in [5, 5.41) is 26.1. The van der Waals surface area contributed by atoms with Crippen LogP contribution in [0.4, 0.5) is 0 Å². The second kappa shape index (κ2) is 35.2. The van der Waals surface area contributed by atoms with Crippen molar-refractivity contribution in [1.29, 1.82) is 0 Å². The van der Waals surface area contributed by atoms with Crippen molar-refractivity contribution in [2.45, 2.75) is 0 Å². The first-order valence-electron chi connectivity index (χ1n) is 25.9. The fraction of sp³-hybridized carbons (Fsp3) is 0.125. The van der Waals surface area contributed by atoms with E-state index in [0.717, 1.165) is 0 Å². The monoisotopic (exact) mass is 1820 g/mol. The number of rotatable bonds is 30. The highest BCUT2D eigenvalue weighted by molar-refractivity contribution is 8.39. The third kappa shape index (κ3) is 26.3. The SMILES string of the molecule is CN(/N=C/c1ccc(OP2(Oc3ccc(/C=N/N(C)P(=S)(Cl)Cl)cc3)=NP(Oc3ccc(/C=N/N(C)P(=S)(Cl)Cl)cc3)(Oc3ccc(/C=N/N(C)P(=S)(Cl)Cl)cc3)=NP(Oc3ccc(/C=N/N(C)P(=S)(Cl)Cl)cc3)(Oc3ccc(/C=N/N(C)P(=S)(Cl)Cl)cc3)=N2)cc1)P(=S)(Cl)Cl. The zero-order chi connectivity index (χ0) is 70.7. The Hall–Kier alpha value is -0.990. The van der Waals surface area contributed by atoms with E-state index in [0.29, 0.717) is 33.4 Å². The minimum Gasteiger partial charge on any atom is -0.413 e. The summed E-state index contributed by atoms with van der Waals surface area (Å²) in [7, 11) is -4.43. The summed E-state index contributed by atoms with van der Waals surface area (Å²) in [6, 6.07) is 39.8. The van der Waals surface area contributed by atoms with Crippen molar-refractivity contribution >= 4 is 295 Å². The van der Waals surface area contributed by atoms with Crippen molar-refractivity contribution < 1.29 is 27.1 Å². The van der Waals surface area contributed by atoms with Crippen LogP contribution in [0.25, 0.3) is 0 Å². The predicted molar refractivity (Wildman–Crippen MR) is 439 cm³/mol. The summed E-state index contributed by atoms with van der Waals surface area (Å²) in [5.74, 6) is 0.867. The van der Waals surface area contributed by atoms with Crippen LogP contribution in [0.1, 0.15) is 33.4 Å². The molecule has 0 N–H and O–H groups in total. The van der Waals surface area contributed by atoms with Crippen molar-refractivity contribution in [3.63, 3.8) is 0 Å². The van der Waals surface area contributed by atoms with Crippen LogP contribution in [0.5, 0.6) is 34.5 Å². The molecule has 1 aliphatic rings. The van der Waals surface area contributed by atoms with Gasteiger partial charge in [0.2, 0.25) is 29.4 Å². The van der Waals surface area contributed by atoms with E-state index in [2.05, 4.69) is 30.6 Å². The molecule has 96 heavy (non-hydrogen) atoms. The lowest BCUT2D eigenvalue weighted by molar-refractivity contribution is 0.443. The van der Waals surface area contributed by atoms with Gasteiger partial charge in [-0.05, 0) is 385 Å². The Morgan fingerprint density at radius 1 is 0.260 bits per heavy atom. The van der Waals surface area contributed by atoms with Crippen LogP contribution < -0.4 is 27.1 Å². The van der Waals surface area contributed by atoms with Crippen LogP contribution >= 0.6 is 187 Å². The second-order valence-electron chi connectivity index (χ2n) is 18.7. The van der Waals surface area contributed by atoms with Crippen LogP contribution in [-0.2, 0) is 70.8 Å². The number of hydrogen-bond donors (Lipinski definition) is 0. The van der Waals surface area contributed by atoms with Gasteiger partial charge in [0.15, 0.2) is 0 Å². The molecular weight excluding hydrogens is 1780 g/mol. The third-order valence-corrected chi connectivity index (χ3v) is 36.5. The van der Waals surface area contributed by atoms with Gasteiger partial charge in [0, 0.05) is 42.3 Å². The average molecular weight is 1830 g/mol. The van der Waals surface area contributed by atoms with Crippen LogP contribution in [0.3, 0.4) is 0 Å². The summed E-state index contributed by atoms with van der Waals surface area (Å²) in [6.07, 6.45) is 9.06. The molecule has 0 radical (unpaired) electrons. The van der Waals surface area contributed by atoms with E-state index in [4.69, 9.17) is 246 Å². The molecule has 7 rings (SSSR count). The number of hydrazone groups is 6. The van der Waals surface area contributed by atoms with Gasteiger partial charge in [0.1, 0.15) is 34.5 Å². The van der Waals surface area contributed by atoms with Crippen LogP contribution in [0.2, 0.25) is 0 Å². The molecule has 0 aromatic heterocycles. The first-order chi connectivity index (χ1) is 44.6. The third-order valence-electron chi connectivity index (χ3n) is 11.6. The van der Waals surface area contributed by atoms with Crippen molar-refractivity contribution in [2.75, 3.05) is 42.3 Å². The van der Waals surface area contributed by atoms with Crippen molar-refractivity contribution in [1.82, 2.24) is 28.7 Å². The van der Waals surface area contributed by atoms with Gasteiger partial charge in [0.25, 0.3) is 0 Å². The van der Waals surface area contributed by atoms with Crippen LogP contribution in [0.15, 0.2) is 190 Å². The van der Waals surface area contributed by atoms with E-state index in [9.17, 15) is 0 Å². The molecule has 0 unspecified atom stereocenters. The predicted octanol–water partition coefficient (Wildman–Crippen LogP) is 24.1. The van der Waals surface area contributed by atoms with Crippen molar-refractivity contribution in [3.8, 4) is 34.5 Å². The fourth-order valence-electron chi connectivity index (χ4n) is 6.53. The molecule has 0 amide bonds. The minimum absolute atomic E-state index is 0.145. The molecule has 516 valence electrons. The average Bonchev–Trinajstić information content (AvgIpc) is 0.730.